The molecule has 0 aromatic rings. The minimum atomic E-state index is -0.468. The van der Waals surface area contributed by atoms with Crippen LogP contribution < -0.4 is 5.32 Å². The third-order valence-corrected chi connectivity index (χ3v) is 5.55. The fraction of sp³-hybridized carbons (Fsp3) is 0.714. The lowest BCUT2D eigenvalue weighted by Gasteiger charge is -2.48. The van der Waals surface area contributed by atoms with Crippen molar-refractivity contribution in [2.24, 2.45) is 23.7 Å². The predicted molar refractivity (Wildman–Crippen MR) is 102 cm³/mol. The maximum absolute atomic E-state index is 12.0. The molecule has 1 N–H and O–H groups in total. The highest BCUT2D eigenvalue weighted by Crippen LogP contribution is 2.50. The monoisotopic (exact) mass is 363 g/mol. The number of methoxy groups -OCH3 is 1. The first-order chi connectivity index (χ1) is 12.3. The van der Waals surface area contributed by atoms with E-state index >= 15 is 0 Å². The molecule has 5 nitrogen and oxygen atoms in total. The molecule has 26 heavy (non-hydrogen) atoms. The fourth-order valence-corrected chi connectivity index (χ4v) is 4.42. The lowest BCUT2D eigenvalue weighted by atomic mass is 9.57. The van der Waals surface area contributed by atoms with Gasteiger partial charge in [0.2, 0.25) is 0 Å². The van der Waals surface area contributed by atoms with Gasteiger partial charge in [0.05, 0.1) is 7.11 Å². The summed E-state index contributed by atoms with van der Waals surface area (Å²) in [4.78, 5) is 23.1. The highest BCUT2D eigenvalue weighted by Gasteiger charge is 2.42. The Morgan fingerprint density at radius 3 is 2.23 bits per heavy atom. The number of hydrogen-bond donors (Lipinski definition) is 1. The fourth-order valence-electron chi connectivity index (χ4n) is 4.42. The summed E-state index contributed by atoms with van der Waals surface area (Å²) in [6.45, 7) is 6.33. The van der Waals surface area contributed by atoms with Gasteiger partial charge in [0, 0.05) is 12.6 Å². The van der Waals surface area contributed by atoms with Crippen LogP contribution in [0.15, 0.2) is 24.3 Å². The topological polar surface area (TPSA) is 64.6 Å². The summed E-state index contributed by atoms with van der Waals surface area (Å²) in [5.41, 5.74) is -0.468. The van der Waals surface area contributed by atoms with E-state index in [-0.39, 0.29) is 12.1 Å². The number of rotatable bonds is 6. The van der Waals surface area contributed by atoms with Gasteiger partial charge >= 0.3 is 12.1 Å². The third-order valence-electron chi connectivity index (χ3n) is 5.55. The summed E-state index contributed by atoms with van der Waals surface area (Å²) in [5, 5.41) is 2.99. The molecule has 3 saturated carbocycles. The zero-order valence-corrected chi connectivity index (χ0v) is 16.5. The van der Waals surface area contributed by atoms with E-state index in [4.69, 9.17) is 4.74 Å². The highest BCUT2D eigenvalue weighted by molar-refractivity contribution is 5.82. The largest absolute Gasteiger partial charge is 0.466 e. The van der Waals surface area contributed by atoms with Crippen molar-refractivity contribution in [2.45, 2.75) is 58.5 Å². The van der Waals surface area contributed by atoms with Crippen molar-refractivity contribution in [3.05, 3.63) is 24.3 Å². The van der Waals surface area contributed by atoms with Gasteiger partial charge in [-0.15, -0.1) is 0 Å². The Morgan fingerprint density at radius 2 is 1.65 bits per heavy atom. The number of amides is 1. The van der Waals surface area contributed by atoms with Crippen molar-refractivity contribution in [3.63, 3.8) is 0 Å². The Labute approximate surface area is 157 Å². The van der Waals surface area contributed by atoms with Gasteiger partial charge in [-0.05, 0) is 76.5 Å². The van der Waals surface area contributed by atoms with Crippen molar-refractivity contribution in [2.75, 3.05) is 13.7 Å². The van der Waals surface area contributed by atoms with Crippen molar-refractivity contribution in [1.29, 1.82) is 0 Å². The molecule has 3 aliphatic carbocycles. The number of fused-ring (bicyclic) bond motifs is 3. The molecule has 0 spiro atoms. The second kappa shape index (κ2) is 9.24. The van der Waals surface area contributed by atoms with Crippen LogP contribution in [0.4, 0.5) is 4.79 Å². The number of carbonyl (C=O) groups excluding carboxylic acids is 2. The third kappa shape index (κ3) is 6.19. The van der Waals surface area contributed by atoms with Crippen LogP contribution in [-0.4, -0.2) is 31.3 Å². The molecule has 0 aromatic carbocycles. The molecule has 0 radical (unpaired) electrons. The lowest BCUT2D eigenvalue weighted by Crippen LogP contribution is -2.46. The van der Waals surface area contributed by atoms with E-state index in [1.54, 1.807) is 6.08 Å². The molecule has 0 aromatic heterocycles. The van der Waals surface area contributed by atoms with Crippen LogP contribution >= 0.6 is 0 Å². The van der Waals surface area contributed by atoms with Crippen molar-refractivity contribution < 1.29 is 19.1 Å². The number of allylic oxidation sites excluding steroid dienone is 3. The average molecular weight is 363 g/mol. The zero-order chi connectivity index (χ0) is 19.2. The Balaban J connectivity index is 1.90. The molecule has 146 valence electrons. The van der Waals surface area contributed by atoms with Crippen LogP contribution in [0, 0.1) is 23.7 Å². The number of alkyl carbamates (subject to hydrolysis) is 1. The smallest absolute Gasteiger partial charge is 0.407 e. The first kappa shape index (κ1) is 20.5. The SMILES string of the molecule is COC(=O)C=CC=CC[C@H]1C2CCC(CC2)[C@@H]1CNC(=O)OC(C)(C)C. The second-order valence-electron chi connectivity index (χ2n) is 8.43. The van der Waals surface area contributed by atoms with Gasteiger partial charge < -0.3 is 14.8 Å². The molecule has 0 saturated heterocycles. The first-order valence-electron chi connectivity index (χ1n) is 9.68. The summed E-state index contributed by atoms with van der Waals surface area (Å²) < 4.78 is 9.95. The molecule has 2 bridgehead atoms. The lowest BCUT2D eigenvalue weighted by molar-refractivity contribution is -0.134. The summed E-state index contributed by atoms with van der Waals surface area (Å²) in [5.74, 6) is 2.17. The van der Waals surface area contributed by atoms with E-state index in [0.717, 1.165) is 12.3 Å². The molecule has 2 atom stereocenters. The Kier molecular flexibility index (Phi) is 7.30. The molecular weight excluding hydrogens is 330 g/mol. The van der Waals surface area contributed by atoms with Gasteiger partial charge in [-0.25, -0.2) is 9.59 Å². The molecule has 0 unspecified atom stereocenters. The van der Waals surface area contributed by atoms with Crippen LogP contribution in [0.5, 0.6) is 0 Å². The van der Waals surface area contributed by atoms with E-state index in [1.165, 1.54) is 38.9 Å². The van der Waals surface area contributed by atoms with Gasteiger partial charge in [0.1, 0.15) is 5.60 Å². The summed E-state index contributed by atoms with van der Waals surface area (Å²) in [7, 11) is 1.37. The van der Waals surface area contributed by atoms with Crippen molar-refractivity contribution in [3.8, 4) is 0 Å². The van der Waals surface area contributed by atoms with Gasteiger partial charge in [0.15, 0.2) is 0 Å². The van der Waals surface area contributed by atoms with Crippen LogP contribution in [0.3, 0.4) is 0 Å². The first-order valence-corrected chi connectivity index (χ1v) is 9.68. The Hall–Kier alpha value is -1.78. The number of ether oxygens (including phenoxy) is 2. The van der Waals surface area contributed by atoms with Gasteiger partial charge in [0.25, 0.3) is 0 Å². The second-order valence-corrected chi connectivity index (χ2v) is 8.43. The molecule has 0 aliphatic heterocycles. The molecule has 1 amide bonds. The minimum Gasteiger partial charge on any atom is -0.466 e. The Bertz CT molecular complexity index is 539. The number of nitrogens with one attached hydrogen (secondary N) is 1. The van der Waals surface area contributed by atoms with Crippen LogP contribution in [0.25, 0.3) is 0 Å². The predicted octanol–water partition coefficient (Wildman–Crippen LogP) is 4.24. The van der Waals surface area contributed by atoms with Gasteiger partial charge in [-0.3, -0.25) is 0 Å². The number of hydrogen-bond acceptors (Lipinski definition) is 4. The van der Waals surface area contributed by atoms with Gasteiger partial charge in [-0.2, -0.15) is 0 Å². The molecule has 0 heterocycles. The minimum absolute atomic E-state index is 0.325. The van der Waals surface area contributed by atoms with Crippen LogP contribution in [0.1, 0.15) is 52.9 Å². The zero-order valence-electron chi connectivity index (χ0n) is 16.5. The maximum atomic E-state index is 12.0. The standard InChI is InChI=1S/C21H33NO4/c1-21(2,3)26-20(24)22-14-18-16-12-10-15(11-13-16)17(18)8-6-5-7-9-19(23)25-4/h5-7,9,15-18H,8,10-14H2,1-4H3,(H,22,24)/t15?,16?,17-,18-/m0/s1. The van der Waals surface area contributed by atoms with Crippen LogP contribution in [0.2, 0.25) is 0 Å². The van der Waals surface area contributed by atoms with Gasteiger partial charge in [-0.1, -0.05) is 18.2 Å². The quantitative estimate of drug-likeness (QED) is 0.435. The molecule has 3 aliphatic rings. The maximum Gasteiger partial charge on any atom is 0.407 e. The number of carbonyl (C=O) groups is 2. The average Bonchev–Trinajstić information content (AvgIpc) is 2.59. The molecule has 3 rings (SSSR count). The van der Waals surface area contributed by atoms with E-state index < -0.39 is 5.60 Å². The molecule has 3 fully saturated rings. The van der Waals surface area contributed by atoms with Crippen LogP contribution in [-0.2, 0) is 14.3 Å². The van der Waals surface area contributed by atoms with E-state index in [9.17, 15) is 9.59 Å². The summed E-state index contributed by atoms with van der Waals surface area (Å²) >= 11 is 0. The highest BCUT2D eigenvalue weighted by atomic mass is 16.6. The summed E-state index contributed by atoms with van der Waals surface area (Å²) in [6.07, 6.45) is 13.0. The van der Waals surface area contributed by atoms with E-state index in [1.807, 2.05) is 26.8 Å². The van der Waals surface area contributed by atoms with E-state index in [2.05, 4.69) is 16.1 Å². The van der Waals surface area contributed by atoms with E-state index in [0.29, 0.717) is 24.3 Å². The normalized spacial score (nSPS) is 28.5. The van der Waals surface area contributed by atoms with Crippen molar-refractivity contribution in [1.82, 2.24) is 5.32 Å². The number of esters is 1. The Morgan fingerprint density at radius 1 is 1.04 bits per heavy atom. The van der Waals surface area contributed by atoms with Crippen molar-refractivity contribution >= 4 is 12.1 Å². The molecular formula is C21H33NO4. The molecule has 5 heteroatoms. The summed E-state index contributed by atoms with van der Waals surface area (Å²) in [6, 6.07) is 0.